The Balaban J connectivity index is 2.03. The van der Waals surface area contributed by atoms with Gasteiger partial charge in [0.2, 0.25) is 11.8 Å². The molecule has 2 N–H and O–H groups in total. The highest BCUT2D eigenvalue weighted by Gasteiger charge is 2.38. The van der Waals surface area contributed by atoms with Crippen LogP contribution in [0.3, 0.4) is 0 Å². The zero-order valence-corrected chi connectivity index (χ0v) is 14.9. The lowest BCUT2D eigenvalue weighted by molar-refractivity contribution is -0.144. The van der Waals surface area contributed by atoms with Crippen LogP contribution in [0.5, 0.6) is 0 Å². The summed E-state index contributed by atoms with van der Waals surface area (Å²) in [5.41, 5.74) is 1.01. The molecule has 1 aliphatic rings. The van der Waals surface area contributed by atoms with Crippen LogP contribution < -0.4 is 5.32 Å². The van der Waals surface area contributed by atoms with E-state index in [1.807, 2.05) is 44.2 Å². The lowest BCUT2D eigenvalue weighted by Gasteiger charge is -2.26. The molecule has 1 saturated heterocycles. The van der Waals surface area contributed by atoms with Gasteiger partial charge in [0.05, 0.1) is 12.0 Å². The molecule has 6 nitrogen and oxygen atoms in total. The van der Waals surface area contributed by atoms with Crippen molar-refractivity contribution in [1.82, 2.24) is 10.2 Å². The number of aliphatic carboxylic acids is 1. The van der Waals surface area contributed by atoms with E-state index in [9.17, 15) is 19.5 Å². The Labute approximate surface area is 148 Å². The maximum absolute atomic E-state index is 12.5. The predicted molar refractivity (Wildman–Crippen MR) is 93.7 cm³/mol. The molecule has 0 aliphatic carbocycles. The Hall–Kier alpha value is -2.37. The fraction of sp³-hybridized carbons (Fsp3) is 0.526. The molecule has 2 unspecified atom stereocenters. The standard InChI is InChI=1S/C19H26N2O4/c1-4-12(2)17(19(24)25)20-18(23)15-10-16(22)21(11-15)13(3)14-8-6-5-7-9-14/h5-9,12-13,15,17H,4,10-11H2,1-3H3,(H,20,23)(H,24,25)/t12-,13?,15?,17-/m0/s1. The van der Waals surface area contributed by atoms with Gasteiger partial charge < -0.3 is 15.3 Å². The number of hydrogen-bond acceptors (Lipinski definition) is 3. The normalized spacial score (nSPS) is 20.8. The summed E-state index contributed by atoms with van der Waals surface area (Å²) in [6, 6.07) is 8.62. The SMILES string of the molecule is CC[C@H](C)[C@H](NC(=O)C1CC(=O)N(C(C)c2ccccc2)C1)C(=O)O. The fourth-order valence-electron chi connectivity index (χ4n) is 3.15. The number of carboxylic acids is 1. The molecule has 2 amide bonds. The van der Waals surface area contributed by atoms with Crippen molar-refractivity contribution in [3.63, 3.8) is 0 Å². The van der Waals surface area contributed by atoms with Crippen molar-refractivity contribution in [2.45, 2.75) is 45.7 Å². The number of carbonyl (C=O) groups is 3. The second kappa shape index (κ2) is 8.14. The van der Waals surface area contributed by atoms with E-state index in [4.69, 9.17) is 0 Å². The monoisotopic (exact) mass is 346 g/mol. The number of amides is 2. The van der Waals surface area contributed by atoms with Crippen LogP contribution >= 0.6 is 0 Å². The minimum Gasteiger partial charge on any atom is -0.480 e. The third-order valence-corrected chi connectivity index (χ3v) is 5.06. The van der Waals surface area contributed by atoms with Gasteiger partial charge in [-0.1, -0.05) is 50.6 Å². The lowest BCUT2D eigenvalue weighted by atomic mass is 9.98. The van der Waals surface area contributed by atoms with Crippen LogP contribution in [0.25, 0.3) is 0 Å². The summed E-state index contributed by atoms with van der Waals surface area (Å²) >= 11 is 0. The van der Waals surface area contributed by atoms with E-state index in [1.165, 1.54) is 0 Å². The topological polar surface area (TPSA) is 86.7 Å². The van der Waals surface area contributed by atoms with Gasteiger partial charge in [-0.2, -0.15) is 0 Å². The first-order valence-corrected chi connectivity index (χ1v) is 8.72. The van der Waals surface area contributed by atoms with Gasteiger partial charge in [-0.3, -0.25) is 9.59 Å². The molecule has 1 aromatic carbocycles. The number of rotatable bonds is 7. The van der Waals surface area contributed by atoms with Crippen LogP contribution in [-0.4, -0.2) is 40.4 Å². The molecule has 2 rings (SSSR count). The Kier molecular flexibility index (Phi) is 6.17. The zero-order valence-electron chi connectivity index (χ0n) is 14.9. The second-order valence-electron chi connectivity index (χ2n) is 6.74. The van der Waals surface area contributed by atoms with E-state index in [2.05, 4.69) is 5.32 Å². The highest BCUT2D eigenvalue weighted by molar-refractivity contribution is 5.91. The van der Waals surface area contributed by atoms with Crippen molar-refractivity contribution in [1.29, 1.82) is 0 Å². The van der Waals surface area contributed by atoms with E-state index in [0.29, 0.717) is 13.0 Å². The van der Waals surface area contributed by atoms with Crippen molar-refractivity contribution in [3.05, 3.63) is 35.9 Å². The van der Waals surface area contributed by atoms with Crippen molar-refractivity contribution < 1.29 is 19.5 Å². The molecule has 4 atom stereocenters. The summed E-state index contributed by atoms with van der Waals surface area (Å²) in [4.78, 5) is 37.9. The molecule has 1 aliphatic heterocycles. The molecule has 136 valence electrons. The minimum absolute atomic E-state index is 0.0769. The van der Waals surface area contributed by atoms with Crippen LogP contribution in [-0.2, 0) is 14.4 Å². The Morgan fingerprint density at radius 2 is 1.92 bits per heavy atom. The second-order valence-corrected chi connectivity index (χ2v) is 6.74. The van der Waals surface area contributed by atoms with Crippen molar-refractivity contribution >= 4 is 17.8 Å². The molecule has 0 radical (unpaired) electrons. The summed E-state index contributed by atoms with van der Waals surface area (Å²) < 4.78 is 0. The molecule has 1 fully saturated rings. The maximum atomic E-state index is 12.5. The Morgan fingerprint density at radius 3 is 2.48 bits per heavy atom. The highest BCUT2D eigenvalue weighted by atomic mass is 16.4. The number of benzene rings is 1. The number of carbonyl (C=O) groups excluding carboxylic acids is 2. The molecule has 1 aromatic rings. The van der Waals surface area contributed by atoms with E-state index in [1.54, 1.807) is 11.8 Å². The number of nitrogens with zero attached hydrogens (tertiary/aromatic N) is 1. The Morgan fingerprint density at radius 1 is 1.28 bits per heavy atom. The van der Waals surface area contributed by atoms with Gasteiger partial charge in [0.25, 0.3) is 0 Å². The van der Waals surface area contributed by atoms with Gasteiger partial charge in [0, 0.05) is 13.0 Å². The number of carboxylic acid groups (broad SMARTS) is 1. The van der Waals surface area contributed by atoms with Crippen molar-refractivity contribution in [3.8, 4) is 0 Å². The molecule has 6 heteroatoms. The van der Waals surface area contributed by atoms with Crippen molar-refractivity contribution in [2.24, 2.45) is 11.8 Å². The number of nitrogens with one attached hydrogen (secondary N) is 1. The summed E-state index contributed by atoms with van der Waals surface area (Å²) in [5, 5.41) is 11.9. The third-order valence-electron chi connectivity index (χ3n) is 5.06. The van der Waals surface area contributed by atoms with Gasteiger partial charge in [0.15, 0.2) is 0 Å². The van der Waals surface area contributed by atoms with Crippen LogP contribution in [0, 0.1) is 11.8 Å². The molecule has 1 heterocycles. The van der Waals surface area contributed by atoms with E-state index in [0.717, 1.165) is 5.56 Å². The largest absolute Gasteiger partial charge is 0.480 e. The molecular formula is C19H26N2O4. The fourth-order valence-corrected chi connectivity index (χ4v) is 3.15. The molecule has 0 bridgehead atoms. The average molecular weight is 346 g/mol. The lowest BCUT2D eigenvalue weighted by Crippen LogP contribution is -2.47. The maximum Gasteiger partial charge on any atom is 0.326 e. The minimum atomic E-state index is -1.04. The van der Waals surface area contributed by atoms with Crippen molar-refractivity contribution in [2.75, 3.05) is 6.54 Å². The summed E-state index contributed by atoms with van der Waals surface area (Å²) in [6.45, 7) is 5.93. The van der Waals surface area contributed by atoms with Crippen LogP contribution in [0.1, 0.15) is 45.2 Å². The van der Waals surface area contributed by atoms with E-state index < -0.39 is 17.9 Å². The molecule has 0 saturated carbocycles. The smallest absolute Gasteiger partial charge is 0.326 e. The van der Waals surface area contributed by atoms with Gasteiger partial charge in [-0.25, -0.2) is 4.79 Å². The van der Waals surface area contributed by atoms with Gasteiger partial charge >= 0.3 is 5.97 Å². The van der Waals surface area contributed by atoms with Gasteiger partial charge in [-0.15, -0.1) is 0 Å². The molecule has 25 heavy (non-hydrogen) atoms. The summed E-state index contributed by atoms with van der Waals surface area (Å²) in [6.07, 6.45) is 0.772. The van der Waals surface area contributed by atoms with Gasteiger partial charge in [0.1, 0.15) is 6.04 Å². The first-order chi connectivity index (χ1) is 11.8. The third kappa shape index (κ3) is 4.38. The summed E-state index contributed by atoms with van der Waals surface area (Å²) in [5.74, 6) is -2.15. The molecule has 0 aromatic heterocycles. The summed E-state index contributed by atoms with van der Waals surface area (Å²) in [7, 11) is 0. The van der Waals surface area contributed by atoms with Crippen LogP contribution in [0.2, 0.25) is 0 Å². The Bertz CT molecular complexity index is 632. The van der Waals surface area contributed by atoms with Crippen LogP contribution in [0.15, 0.2) is 30.3 Å². The van der Waals surface area contributed by atoms with E-state index >= 15 is 0 Å². The van der Waals surface area contributed by atoms with Crippen LogP contribution in [0.4, 0.5) is 0 Å². The predicted octanol–water partition coefficient (Wildman–Crippen LogP) is 2.21. The number of hydrogen-bond donors (Lipinski definition) is 2. The van der Waals surface area contributed by atoms with E-state index in [-0.39, 0.29) is 30.2 Å². The first-order valence-electron chi connectivity index (χ1n) is 8.72. The highest BCUT2D eigenvalue weighted by Crippen LogP contribution is 2.28. The quantitative estimate of drug-likeness (QED) is 0.792. The molecular weight excluding hydrogens is 320 g/mol. The number of likely N-dealkylation sites (tertiary alicyclic amines) is 1. The average Bonchev–Trinajstić information content (AvgIpc) is 3.00. The molecule has 0 spiro atoms. The zero-order chi connectivity index (χ0) is 18.6. The van der Waals surface area contributed by atoms with Gasteiger partial charge in [-0.05, 0) is 18.4 Å². The first kappa shape index (κ1) is 19.0.